The van der Waals surface area contributed by atoms with E-state index < -0.39 is 0 Å². The summed E-state index contributed by atoms with van der Waals surface area (Å²) in [6, 6.07) is 20.0. The third kappa shape index (κ3) is 4.44. The SMILES string of the molecule is Nc1ncnc2c1c(-c1ccc(Oc3cccc(OCc4cccs4)c3)cc1)nn2C1CCCC1. The minimum Gasteiger partial charge on any atom is -0.488 e. The lowest BCUT2D eigenvalue weighted by Crippen LogP contribution is -2.07. The molecule has 3 aromatic heterocycles. The quantitative estimate of drug-likeness (QED) is 0.280. The minimum absolute atomic E-state index is 0.359. The molecule has 0 bridgehead atoms. The summed E-state index contributed by atoms with van der Waals surface area (Å²) in [7, 11) is 0. The zero-order valence-electron chi connectivity index (χ0n) is 19.1. The molecule has 0 aliphatic heterocycles. The van der Waals surface area contributed by atoms with Crippen LogP contribution in [0.1, 0.15) is 36.6 Å². The average Bonchev–Trinajstić information content (AvgIpc) is 3.65. The Balaban J connectivity index is 1.23. The molecule has 1 saturated carbocycles. The zero-order valence-corrected chi connectivity index (χ0v) is 19.9. The molecule has 2 aromatic carbocycles. The van der Waals surface area contributed by atoms with E-state index in [1.807, 2.05) is 64.7 Å². The van der Waals surface area contributed by atoms with Gasteiger partial charge in [0.1, 0.15) is 41.7 Å². The molecule has 3 heterocycles. The van der Waals surface area contributed by atoms with Crippen molar-refractivity contribution in [2.75, 3.05) is 5.73 Å². The Hall–Kier alpha value is -3.91. The number of anilines is 1. The van der Waals surface area contributed by atoms with Crippen LogP contribution in [0.3, 0.4) is 0 Å². The Kier molecular flexibility index (Phi) is 5.79. The van der Waals surface area contributed by atoms with Crippen LogP contribution in [0, 0.1) is 0 Å². The summed E-state index contributed by atoms with van der Waals surface area (Å²) in [6.45, 7) is 0.546. The number of benzene rings is 2. The number of hydrogen-bond donors (Lipinski definition) is 1. The Bertz CT molecular complexity index is 1440. The molecule has 0 amide bonds. The maximum absolute atomic E-state index is 6.27. The molecule has 1 aliphatic carbocycles. The van der Waals surface area contributed by atoms with Crippen LogP contribution in [0.4, 0.5) is 5.82 Å². The first-order valence-corrected chi connectivity index (χ1v) is 12.6. The van der Waals surface area contributed by atoms with Gasteiger partial charge in [0.15, 0.2) is 5.65 Å². The highest BCUT2D eigenvalue weighted by molar-refractivity contribution is 7.09. The Morgan fingerprint density at radius 1 is 0.943 bits per heavy atom. The van der Waals surface area contributed by atoms with E-state index >= 15 is 0 Å². The van der Waals surface area contributed by atoms with Crippen molar-refractivity contribution < 1.29 is 9.47 Å². The van der Waals surface area contributed by atoms with E-state index in [0.717, 1.165) is 52.4 Å². The smallest absolute Gasteiger partial charge is 0.164 e. The number of hydrogen-bond acceptors (Lipinski definition) is 7. The van der Waals surface area contributed by atoms with Gasteiger partial charge in [-0.15, -0.1) is 11.3 Å². The molecule has 0 radical (unpaired) electrons. The topological polar surface area (TPSA) is 88.1 Å². The van der Waals surface area contributed by atoms with Gasteiger partial charge in [0.25, 0.3) is 0 Å². The molecule has 176 valence electrons. The van der Waals surface area contributed by atoms with Crippen LogP contribution in [0.5, 0.6) is 17.2 Å². The van der Waals surface area contributed by atoms with Gasteiger partial charge < -0.3 is 15.2 Å². The van der Waals surface area contributed by atoms with Crippen molar-refractivity contribution in [3.8, 4) is 28.5 Å². The summed E-state index contributed by atoms with van der Waals surface area (Å²) in [4.78, 5) is 9.92. The number of fused-ring (bicyclic) bond motifs is 1. The first-order valence-electron chi connectivity index (χ1n) is 11.8. The number of nitrogen functional groups attached to an aromatic ring is 1. The highest BCUT2D eigenvalue weighted by Gasteiger charge is 2.24. The number of aromatic nitrogens is 4. The molecule has 1 aliphatic rings. The molecular weight excluding hydrogens is 458 g/mol. The average molecular weight is 484 g/mol. The van der Waals surface area contributed by atoms with Gasteiger partial charge in [-0.25, -0.2) is 14.6 Å². The molecule has 0 saturated heterocycles. The second-order valence-electron chi connectivity index (χ2n) is 8.66. The van der Waals surface area contributed by atoms with Gasteiger partial charge in [0.05, 0.1) is 11.4 Å². The third-order valence-corrected chi connectivity index (χ3v) is 7.17. The van der Waals surface area contributed by atoms with E-state index in [1.54, 1.807) is 11.3 Å². The van der Waals surface area contributed by atoms with Crippen molar-refractivity contribution in [1.82, 2.24) is 19.7 Å². The molecule has 35 heavy (non-hydrogen) atoms. The highest BCUT2D eigenvalue weighted by Crippen LogP contribution is 2.37. The van der Waals surface area contributed by atoms with Crippen molar-refractivity contribution in [3.63, 3.8) is 0 Å². The second-order valence-corrected chi connectivity index (χ2v) is 9.69. The maximum Gasteiger partial charge on any atom is 0.164 e. The lowest BCUT2D eigenvalue weighted by Gasteiger charge is -2.10. The number of nitrogens with zero attached hydrogens (tertiary/aromatic N) is 4. The third-order valence-electron chi connectivity index (χ3n) is 6.32. The predicted molar refractivity (Wildman–Crippen MR) is 138 cm³/mol. The summed E-state index contributed by atoms with van der Waals surface area (Å²) in [5.74, 6) is 2.67. The zero-order chi connectivity index (χ0) is 23.6. The van der Waals surface area contributed by atoms with Crippen LogP contribution in [-0.4, -0.2) is 19.7 Å². The fourth-order valence-corrected chi connectivity index (χ4v) is 5.21. The van der Waals surface area contributed by atoms with Crippen LogP contribution in [0.15, 0.2) is 72.4 Å². The van der Waals surface area contributed by atoms with Gasteiger partial charge in [0.2, 0.25) is 0 Å². The molecule has 0 atom stereocenters. The first-order chi connectivity index (χ1) is 17.2. The van der Waals surface area contributed by atoms with E-state index in [0.29, 0.717) is 18.5 Å². The predicted octanol–water partition coefficient (Wildman–Crippen LogP) is 6.62. The molecule has 0 spiro atoms. The minimum atomic E-state index is 0.359. The summed E-state index contributed by atoms with van der Waals surface area (Å²) in [5.41, 5.74) is 8.83. The van der Waals surface area contributed by atoms with Crippen LogP contribution in [0.25, 0.3) is 22.3 Å². The molecule has 5 aromatic rings. The van der Waals surface area contributed by atoms with Crippen molar-refractivity contribution in [1.29, 1.82) is 0 Å². The van der Waals surface area contributed by atoms with Gasteiger partial charge in [0, 0.05) is 16.5 Å². The second kappa shape index (κ2) is 9.38. The lowest BCUT2D eigenvalue weighted by atomic mass is 10.1. The van der Waals surface area contributed by atoms with Crippen molar-refractivity contribution in [3.05, 3.63) is 77.2 Å². The van der Waals surface area contributed by atoms with E-state index in [-0.39, 0.29) is 0 Å². The van der Waals surface area contributed by atoms with Gasteiger partial charge in [-0.3, -0.25) is 0 Å². The van der Waals surface area contributed by atoms with Crippen LogP contribution in [0.2, 0.25) is 0 Å². The Morgan fingerprint density at radius 2 is 1.77 bits per heavy atom. The van der Waals surface area contributed by atoms with Gasteiger partial charge >= 0.3 is 0 Å². The molecule has 7 nitrogen and oxygen atoms in total. The van der Waals surface area contributed by atoms with Gasteiger partial charge in [-0.2, -0.15) is 5.10 Å². The van der Waals surface area contributed by atoms with E-state index in [9.17, 15) is 0 Å². The van der Waals surface area contributed by atoms with Crippen LogP contribution in [-0.2, 0) is 6.61 Å². The number of ether oxygens (including phenoxy) is 2. The first kappa shape index (κ1) is 21.6. The van der Waals surface area contributed by atoms with Crippen LogP contribution >= 0.6 is 11.3 Å². The molecule has 0 unspecified atom stereocenters. The summed E-state index contributed by atoms with van der Waals surface area (Å²) in [6.07, 6.45) is 6.18. The molecule has 1 fully saturated rings. The lowest BCUT2D eigenvalue weighted by molar-refractivity contribution is 0.308. The summed E-state index contributed by atoms with van der Waals surface area (Å²) in [5, 5.41) is 7.80. The normalized spacial score (nSPS) is 13.9. The van der Waals surface area contributed by atoms with Crippen molar-refractivity contribution in [2.45, 2.75) is 38.3 Å². The summed E-state index contributed by atoms with van der Waals surface area (Å²) < 4.78 is 14.0. The van der Waals surface area contributed by atoms with Gasteiger partial charge in [-0.05, 0) is 60.7 Å². The Labute approximate surface area is 207 Å². The monoisotopic (exact) mass is 483 g/mol. The number of thiophene rings is 1. The van der Waals surface area contributed by atoms with Crippen molar-refractivity contribution >= 4 is 28.2 Å². The largest absolute Gasteiger partial charge is 0.488 e. The molecular formula is C27H25N5O2S. The highest BCUT2D eigenvalue weighted by atomic mass is 32.1. The van der Waals surface area contributed by atoms with Crippen LogP contribution < -0.4 is 15.2 Å². The number of rotatable bonds is 7. The summed E-state index contributed by atoms with van der Waals surface area (Å²) >= 11 is 1.68. The molecule has 6 rings (SSSR count). The van der Waals surface area contributed by atoms with E-state index in [2.05, 4.69) is 16.0 Å². The van der Waals surface area contributed by atoms with E-state index in [1.165, 1.54) is 24.0 Å². The fraction of sp³-hybridized carbons (Fsp3) is 0.222. The number of nitrogens with two attached hydrogens (primary N) is 1. The van der Waals surface area contributed by atoms with Gasteiger partial charge in [-0.1, -0.05) is 25.0 Å². The van der Waals surface area contributed by atoms with E-state index in [4.69, 9.17) is 20.3 Å². The van der Waals surface area contributed by atoms with Crippen molar-refractivity contribution in [2.24, 2.45) is 0 Å². The maximum atomic E-state index is 6.27. The standard InChI is InChI=1S/C27H25N5O2S/c28-26-24-25(31-32(19-5-1-2-6-19)27(24)30-17-29-26)18-10-12-20(13-11-18)34-22-8-3-7-21(15-22)33-16-23-9-4-14-35-23/h3-4,7-15,17,19H,1-2,5-6,16H2,(H2,28,29,30). The Morgan fingerprint density at radius 3 is 2.57 bits per heavy atom. The molecule has 8 heteroatoms. The molecule has 2 N–H and O–H groups in total. The fourth-order valence-electron chi connectivity index (χ4n) is 4.59.